The molecular weight excluding hydrogens is 523 g/mol. The quantitative estimate of drug-likeness (QED) is 0.336. The Morgan fingerprint density at radius 1 is 1.14 bits per heavy atom. The van der Waals surface area contributed by atoms with Crippen LogP contribution in [0.2, 0.25) is 5.02 Å². The number of aromatic nitrogens is 2. The maximum absolute atomic E-state index is 13.7. The summed E-state index contributed by atoms with van der Waals surface area (Å²) < 4.78 is 41.9. The number of pyridine rings is 1. The van der Waals surface area contributed by atoms with Crippen molar-refractivity contribution in [2.24, 2.45) is 5.92 Å². The van der Waals surface area contributed by atoms with E-state index in [0.717, 1.165) is 5.56 Å². The van der Waals surface area contributed by atoms with E-state index in [9.17, 15) is 17.6 Å². The van der Waals surface area contributed by atoms with Crippen molar-refractivity contribution in [1.82, 2.24) is 14.3 Å². The van der Waals surface area contributed by atoms with Gasteiger partial charge in [-0.25, -0.2) is 17.8 Å². The molecular formula is C25H22ClFN4O3S2. The van der Waals surface area contributed by atoms with Crippen molar-refractivity contribution in [3.05, 3.63) is 83.4 Å². The predicted octanol–water partition coefficient (Wildman–Crippen LogP) is 5.12. The van der Waals surface area contributed by atoms with E-state index in [1.807, 2.05) is 6.07 Å². The molecule has 1 aliphatic rings. The number of amides is 1. The van der Waals surface area contributed by atoms with Crippen LogP contribution < -0.4 is 4.90 Å². The summed E-state index contributed by atoms with van der Waals surface area (Å²) in [6, 6.07) is 14.1. The average Bonchev–Trinajstić information content (AvgIpc) is 3.31. The number of fused-ring (bicyclic) bond motifs is 1. The predicted molar refractivity (Wildman–Crippen MR) is 138 cm³/mol. The van der Waals surface area contributed by atoms with Crippen LogP contribution in [-0.4, -0.2) is 41.7 Å². The second kappa shape index (κ2) is 10.2. The first kappa shape index (κ1) is 24.8. The molecule has 4 aromatic rings. The molecule has 1 amide bonds. The van der Waals surface area contributed by atoms with Gasteiger partial charge in [-0.15, -0.1) is 0 Å². The molecule has 36 heavy (non-hydrogen) atoms. The van der Waals surface area contributed by atoms with Crippen LogP contribution in [0.25, 0.3) is 10.2 Å². The third-order valence-electron chi connectivity index (χ3n) is 6.15. The van der Waals surface area contributed by atoms with E-state index < -0.39 is 10.0 Å². The first-order chi connectivity index (χ1) is 17.3. The van der Waals surface area contributed by atoms with Crippen molar-refractivity contribution in [2.45, 2.75) is 24.3 Å². The number of benzene rings is 2. The van der Waals surface area contributed by atoms with Gasteiger partial charge in [0, 0.05) is 36.4 Å². The van der Waals surface area contributed by atoms with Crippen molar-refractivity contribution in [3.8, 4) is 0 Å². The van der Waals surface area contributed by atoms with Crippen LogP contribution >= 0.6 is 22.9 Å². The summed E-state index contributed by atoms with van der Waals surface area (Å²) in [5.74, 6) is -0.874. The number of hydrogen-bond donors (Lipinski definition) is 0. The fourth-order valence-corrected chi connectivity index (χ4v) is 6.83. The van der Waals surface area contributed by atoms with Crippen molar-refractivity contribution in [1.29, 1.82) is 0 Å². The second-order valence-electron chi connectivity index (χ2n) is 8.53. The normalized spacial score (nSPS) is 15.3. The van der Waals surface area contributed by atoms with Gasteiger partial charge in [-0.2, -0.15) is 4.31 Å². The number of halogens is 2. The number of carbonyl (C=O) groups excluding carboxylic acids is 1. The summed E-state index contributed by atoms with van der Waals surface area (Å²) in [6.07, 6.45) is 4.12. The van der Waals surface area contributed by atoms with Crippen LogP contribution in [0.1, 0.15) is 18.4 Å². The molecule has 1 fully saturated rings. The number of hydrogen-bond acceptors (Lipinski definition) is 6. The van der Waals surface area contributed by atoms with Crippen molar-refractivity contribution >= 4 is 54.2 Å². The first-order valence-corrected chi connectivity index (χ1v) is 14.0. The molecule has 2 aromatic heterocycles. The maximum atomic E-state index is 13.7. The van der Waals surface area contributed by atoms with E-state index in [4.69, 9.17) is 11.6 Å². The van der Waals surface area contributed by atoms with Crippen LogP contribution in [0.3, 0.4) is 0 Å². The molecule has 0 saturated carbocycles. The van der Waals surface area contributed by atoms with E-state index in [1.165, 1.54) is 39.9 Å². The van der Waals surface area contributed by atoms with Gasteiger partial charge in [-0.3, -0.25) is 14.7 Å². The molecule has 5 rings (SSSR count). The molecule has 0 aliphatic carbocycles. The topological polar surface area (TPSA) is 83.5 Å². The molecule has 2 aromatic carbocycles. The number of thiazole rings is 1. The molecule has 11 heteroatoms. The lowest BCUT2D eigenvalue weighted by atomic mass is 9.96. The smallest absolute Gasteiger partial charge is 0.243 e. The molecule has 3 heterocycles. The second-order valence-corrected chi connectivity index (χ2v) is 11.9. The molecule has 186 valence electrons. The Morgan fingerprint density at radius 2 is 1.89 bits per heavy atom. The number of anilines is 1. The molecule has 0 radical (unpaired) electrons. The Bertz CT molecular complexity index is 1490. The Balaban J connectivity index is 1.37. The summed E-state index contributed by atoms with van der Waals surface area (Å²) >= 11 is 7.15. The standard InChI is InChI=1S/C25H22ClFN4O3S2/c26-19-3-6-21(7-4-19)36(33,34)30-12-9-18(10-13-30)24(32)31(16-17-2-1-11-28-15-17)25-29-22-8-5-20(27)14-23(22)35-25/h1-8,11,14-15,18H,9-10,12-13,16H2. The Hall–Kier alpha value is -2.92. The Morgan fingerprint density at radius 3 is 2.58 bits per heavy atom. The van der Waals surface area contributed by atoms with Gasteiger partial charge in [0.25, 0.3) is 0 Å². The van der Waals surface area contributed by atoms with Gasteiger partial charge in [0.1, 0.15) is 5.82 Å². The summed E-state index contributed by atoms with van der Waals surface area (Å²) in [4.78, 5) is 24.2. The van der Waals surface area contributed by atoms with Gasteiger partial charge >= 0.3 is 0 Å². The van der Waals surface area contributed by atoms with E-state index in [2.05, 4.69) is 9.97 Å². The lowest BCUT2D eigenvalue weighted by Crippen LogP contribution is -2.44. The minimum atomic E-state index is -3.67. The molecule has 0 N–H and O–H groups in total. The van der Waals surface area contributed by atoms with Crippen LogP contribution in [0.5, 0.6) is 0 Å². The molecule has 1 aliphatic heterocycles. The molecule has 1 saturated heterocycles. The number of nitrogens with zero attached hydrogens (tertiary/aromatic N) is 4. The highest BCUT2D eigenvalue weighted by Crippen LogP contribution is 2.33. The molecule has 0 atom stereocenters. The van der Waals surface area contributed by atoms with Crippen molar-refractivity contribution < 1.29 is 17.6 Å². The summed E-state index contributed by atoms with van der Waals surface area (Å²) in [6.45, 7) is 0.721. The minimum Gasteiger partial charge on any atom is -0.283 e. The van der Waals surface area contributed by atoms with Crippen molar-refractivity contribution in [3.63, 3.8) is 0 Å². The average molecular weight is 545 g/mol. The number of rotatable bonds is 6. The zero-order valence-electron chi connectivity index (χ0n) is 19.0. The van der Waals surface area contributed by atoms with Crippen LogP contribution in [-0.2, 0) is 21.4 Å². The Kier molecular flexibility index (Phi) is 7.03. The summed E-state index contributed by atoms with van der Waals surface area (Å²) in [5, 5.41) is 0.935. The fourth-order valence-electron chi connectivity index (χ4n) is 4.23. The third-order valence-corrected chi connectivity index (χ3v) is 9.36. The van der Waals surface area contributed by atoms with Gasteiger partial charge in [0.05, 0.1) is 21.7 Å². The number of sulfonamides is 1. The molecule has 7 nitrogen and oxygen atoms in total. The summed E-state index contributed by atoms with van der Waals surface area (Å²) in [7, 11) is -3.67. The van der Waals surface area contributed by atoms with Crippen LogP contribution in [0.15, 0.2) is 71.9 Å². The van der Waals surface area contributed by atoms with Crippen LogP contribution in [0, 0.1) is 11.7 Å². The lowest BCUT2D eigenvalue weighted by molar-refractivity contribution is -0.123. The zero-order chi connectivity index (χ0) is 25.3. The third kappa shape index (κ3) is 5.12. The minimum absolute atomic E-state index is 0.137. The molecule has 0 unspecified atom stereocenters. The largest absolute Gasteiger partial charge is 0.283 e. The fraction of sp³-hybridized carbons (Fsp3) is 0.240. The van der Waals surface area contributed by atoms with E-state index in [-0.39, 0.29) is 42.2 Å². The van der Waals surface area contributed by atoms with Crippen LogP contribution in [0.4, 0.5) is 9.52 Å². The van der Waals surface area contributed by atoms with E-state index >= 15 is 0 Å². The van der Waals surface area contributed by atoms with E-state index in [1.54, 1.807) is 41.6 Å². The first-order valence-electron chi connectivity index (χ1n) is 11.3. The zero-order valence-corrected chi connectivity index (χ0v) is 21.4. The molecule has 0 spiro atoms. The number of carbonyl (C=O) groups is 1. The SMILES string of the molecule is O=C(C1CCN(S(=O)(=O)c2ccc(Cl)cc2)CC1)N(Cc1cccnc1)c1nc2ccc(F)cc2s1. The highest BCUT2D eigenvalue weighted by atomic mass is 35.5. The summed E-state index contributed by atoms with van der Waals surface area (Å²) in [5.41, 5.74) is 1.45. The Labute approximate surface area is 217 Å². The van der Waals surface area contributed by atoms with Gasteiger partial charge in [0.2, 0.25) is 15.9 Å². The maximum Gasteiger partial charge on any atom is 0.243 e. The monoisotopic (exact) mass is 544 g/mol. The molecule has 0 bridgehead atoms. The van der Waals surface area contributed by atoms with Gasteiger partial charge in [-0.05, 0) is 66.9 Å². The van der Waals surface area contributed by atoms with E-state index in [0.29, 0.717) is 33.2 Å². The highest BCUT2D eigenvalue weighted by molar-refractivity contribution is 7.89. The van der Waals surface area contributed by atoms with Gasteiger partial charge in [-0.1, -0.05) is 29.0 Å². The lowest BCUT2D eigenvalue weighted by Gasteiger charge is -2.33. The number of piperidine rings is 1. The highest BCUT2D eigenvalue weighted by Gasteiger charge is 2.35. The van der Waals surface area contributed by atoms with Crippen molar-refractivity contribution in [2.75, 3.05) is 18.0 Å². The van der Waals surface area contributed by atoms with Gasteiger partial charge in [0.15, 0.2) is 5.13 Å². The van der Waals surface area contributed by atoms with Gasteiger partial charge < -0.3 is 0 Å².